The summed E-state index contributed by atoms with van der Waals surface area (Å²) in [5.41, 5.74) is 4.93. The molecule has 0 aromatic heterocycles. The van der Waals surface area contributed by atoms with Gasteiger partial charge >= 0.3 is 59.1 Å². The summed E-state index contributed by atoms with van der Waals surface area (Å²) >= 11 is 0. The maximum atomic E-state index is 10.1. The summed E-state index contributed by atoms with van der Waals surface area (Å²) in [6.07, 6.45) is 0. The van der Waals surface area contributed by atoms with Crippen molar-refractivity contribution in [2.45, 2.75) is 11.9 Å². The zero-order valence-electron chi connectivity index (χ0n) is 6.68. The van der Waals surface area contributed by atoms with Gasteiger partial charge < -0.3 is 25.3 Å². The normalized spacial score (nSPS) is 15.3. The topological polar surface area (TPSA) is 113 Å². The van der Waals surface area contributed by atoms with E-state index in [-0.39, 0.29) is 59.1 Å². The van der Waals surface area contributed by atoms with E-state index in [1.807, 2.05) is 0 Å². The second kappa shape index (κ2) is 8.01. The standard InChI is InChI=1S/C2H7NO4P2.2Na/c1-2(3,8(4)5)9(6)7;;/h4-5H,3H2,1H3;;/q-2;2*+1. The molecule has 5 nitrogen and oxygen atoms in total. The van der Waals surface area contributed by atoms with Gasteiger partial charge in [-0.15, -0.1) is 0 Å². The van der Waals surface area contributed by atoms with Crippen molar-refractivity contribution in [3.63, 3.8) is 0 Å². The molecule has 0 bridgehead atoms. The van der Waals surface area contributed by atoms with Crippen molar-refractivity contribution >= 4 is 16.8 Å². The van der Waals surface area contributed by atoms with Gasteiger partial charge in [0.05, 0.1) is 5.02 Å². The van der Waals surface area contributed by atoms with Crippen LogP contribution in [0.5, 0.6) is 0 Å². The Morgan fingerprint density at radius 1 is 1.27 bits per heavy atom. The Morgan fingerprint density at radius 2 is 1.55 bits per heavy atom. The van der Waals surface area contributed by atoms with Crippen molar-refractivity contribution in [3.8, 4) is 0 Å². The first-order valence-corrected chi connectivity index (χ1v) is 4.43. The van der Waals surface area contributed by atoms with Crippen LogP contribution >= 0.6 is 16.8 Å². The van der Waals surface area contributed by atoms with E-state index in [2.05, 4.69) is 0 Å². The first kappa shape index (κ1) is 19.3. The van der Waals surface area contributed by atoms with E-state index in [9.17, 15) is 9.79 Å². The Balaban J connectivity index is -0.000000320. The molecule has 0 aliphatic rings. The Labute approximate surface area is 112 Å². The van der Waals surface area contributed by atoms with Crippen molar-refractivity contribution in [1.29, 1.82) is 0 Å². The maximum Gasteiger partial charge on any atom is 1.00 e. The molecule has 0 aliphatic heterocycles. The van der Waals surface area contributed by atoms with Gasteiger partial charge in [0.15, 0.2) is 8.38 Å². The van der Waals surface area contributed by atoms with Crippen LogP contribution in [0.4, 0.5) is 0 Å². The molecule has 0 spiro atoms. The van der Waals surface area contributed by atoms with Crippen LogP contribution in [0.2, 0.25) is 0 Å². The molecule has 0 saturated carbocycles. The van der Waals surface area contributed by atoms with Gasteiger partial charge in [0, 0.05) is 0 Å². The molecule has 0 aromatic carbocycles. The minimum Gasteiger partial charge on any atom is -0.840 e. The predicted octanol–water partition coefficient (Wildman–Crippen LogP) is -8.04. The van der Waals surface area contributed by atoms with Crippen LogP contribution in [0.3, 0.4) is 0 Å². The van der Waals surface area contributed by atoms with E-state index < -0.39 is 21.8 Å². The van der Waals surface area contributed by atoms with E-state index in [0.717, 1.165) is 6.92 Å². The summed E-state index contributed by atoms with van der Waals surface area (Å²) in [6.45, 7) is 1.05. The second-order valence-electron chi connectivity index (χ2n) is 1.64. The molecule has 11 heavy (non-hydrogen) atoms. The molecule has 0 aromatic rings. The third kappa shape index (κ3) is 6.69. The van der Waals surface area contributed by atoms with Gasteiger partial charge in [0.25, 0.3) is 0 Å². The minimum absolute atomic E-state index is 0. The number of hydrogen-bond donors (Lipinski definition) is 3. The third-order valence-corrected chi connectivity index (χ3v) is 3.35. The molecule has 9 heteroatoms. The molecule has 1 unspecified atom stereocenters. The fourth-order valence-electron chi connectivity index (χ4n) is 0.0730. The van der Waals surface area contributed by atoms with E-state index in [4.69, 9.17) is 15.5 Å². The van der Waals surface area contributed by atoms with Gasteiger partial charge in [-0.25, -0.2) is 0 Å². The van der Waals surface area contributed by atoms with Crippen molar-refractivity contribution in [2.75, 3.05) is 0 Å². The molecule has 0 radical (unpaired) electrons. The van der Waals surface area contributed by atoms with Gasteiger partial charge in [-0.1, -0.05) is 0 Å². The number of hydrogen-bond acceptors (Lipinski definition) is 5. The van der Waals surface area contributed by atoms with Crippen molar-refractivity contribution in [3.05, 3.63) is 0 Å². The van der Waals surface area contributed by atoms with Crippen LogP contribution in [-0.4, -0.2) is 14.8 Å². The first-order valence-electron chi connectivity index (χ1n) is 2.00. The van der Waals surface area contributed by atoms with E-state index in [1.165, 1.54) is 0 Å². The SMILES string of the molecule is CC(N)(P([O-])[O-])P(O)O.[Na+].[Na+]. The molecular weight excluding hydrogens is 210 g/mol. The summed E-state index contributed by atoms with van der Waals surface area (Å²) in [4.78, 5) is 36.9. The van der Waals surface area contributed by atoms with Crippen LogP contribution < -0.4 is 74.6 Å². The quantitative estimate of drug-likeness (QED) is 0.314. The minimum atomic E-state index is -2.98. The van der Waals surface area contributed by atoms with E-state index in [1.54, 1.807) is 0 Å². The fraction of sp³-hybridized carbons (Fsp3) is 1.00. The zero-order chi connectivity index (χ0) is 7.65. The average Bonchev–Trinajstić information content (AvgIpc) is 1.65. The zero-order valence-corrected chi connectivity index (χ0v) is 12.5. The monoisotopic (exact) mass is 217 g/mol. The fourth-order valence-corrected chi connectivity index (χ4v) is 0.657. The molecule has 4 N–H and O–H groups in total. The average molecular weight is 217 g/mol. The molecule has 0 amide bonds. The van der Waals surface area contributed by atoms with Crippen molar-refractivity contribution in [1.82, 2.24) is 0 Å². The van der Waals surface area contributed by atoms with Crippen molar-refractivity contribution < 1.29 is 78.7 Å². The van der Waals surface area contributed by atoms with Crippen LogP contribution in [0.1, 0.15) is 6.92 Å². The Hall–Kier alpha value is 2.66. The summed E-state index contributed by atoms with van der Waals surface area (Å²) in [7, 11) is -5.58. The van der Waals surface area contributed by atoms with Crippen LogP contribution in [0, 0.1) is 0 Å². The van der Waals surface area contributed by atoms with Gasteiger partial charge in [-0.05, 0) is 6.92 Å². The first-order chi connectivity index (χ1) is 3.89. The molecular formula is C2H7NNa2O4P2. The molecule has 0 aliphatic carbocycles. The van der Waals surface area contributed by atoms with Crippen LogP contribution in [0.25, 0.3) is 0 Å². The van der Waals surface area contributed by atoms with Crippen molar-refractivity contribution in [2.24, 2.45) is 5.73 Å². The van der Waals surface area contributed by atoms with Gasteiger partial charge in [0.1, 0.15) is 0 Å². The third-order valence-electron chi connectivity index (χ3n) is 0.775. The Morgan fingerprint density at radius 3 is 1.55 bits per heavy atom. The Kier molecular flexibility index (Phi) is 14.0. The summed E-state index contributed by atoms with van der Waals surface area (Å²) in [5, 5.41) is -1.87. The number of rotatable bonds is 2. The predicted molar refractivity (Wildman–Crippen MR) is 30.9 cm³/mol. The molecule has 56 valence electrons. The molecule has 0 saturated heterocycles. The van der Waals surface area contributed by atoms with E-state index in [0.29, 0.717) is 0 Å². The molecule has 1 atom stereocenters. The molecule has 0 fully saturated rings. The van der Waals surface area contributed by atoms with Gasteiger partial charge in [-0.2, -0.15) is 0 Å². The van der Waals surface area contributed by atoms with Crippen LogP contribution in [-0.2, 0) is 0 Å². The Bertz CT molecular complexity index is 92.1. The maximum absolute atomic E-state index is 10.1. The summed E-state index contributed by atoms with van der Waals surface area (Å²) in [5.74, 6) is 0. The van der Waals surface area contributed by atoms with E-state index >= 15 is 0 Å². The van der Waals surface area contributed by atoms with Gasteiger partial charge in [0.2, 0.25) is 0 Å². The molecule has 0 heterocycles. The largest absolute Gasteiger partial charge is 1.00 e. The smallest absolute Gasteiger partial charge is 0.840 e. The second-order valence-corrected chi connectivity index (χ2v) is 4.94. The summed E-state index contributed by atoms with van der Waals surface area (Å²) < 4.78 is 0. The summed E-state index contributed by atoms with van der Waals surface area (Å²) in [6, 6.07) is 0. The van der Waals surface area contributed by atoms with Gasteiger partial charge in [-0.3, -0.25) is 8.38 Å². The number of nitrogens with two attached hydrogens (primary N) is 1. The van der Waals surface area contributed by atoms with Crippen LogP contribution in [0.15, 0.2) is 0 Å². The molecule has 0 rings (SSSR count).